The van der Waals surface area contributed by atoms with Crippen LogP contribution in [0.15, 0.2) is 0 Å². The molecule has 2 fully saturated rings. The van der Waals surface area contributed by atoms with E-state index in [2.05, 4.69) is 0 Å². The summed E-state index contributed by atoms with van der Waals surface area (Å²) in [5.74, 6) is 1.60. The van der Waals surface area contributed by atoms with Gasteiger partial charge in [-0.15, -0.1) is 0 Å². The lowest BCUT2D eigenvalue weighted by atomic mass is 9.67. The van der Waals surface area contributed by atoms with E-state index >= 15 is 0 Å². The Morgan fingerprint density at radius 3 is 2.31 bits per heavy atom. The molecule has 0 saturated heterocycles. The van der Waals surface area contributed by atoms with Crippen LogP contribution >= 0.6 is 0 Å². The molecule has 2 atom stereocenters. The van der Waals surface area contributed by atoms with Crippen LogP contribution in [0.1, 0.15) is 44.9 Å². The van der Waals surface area contributed by atoms with Crippen LogP contribution < -0.4 is 0 Å². The Balaban J connectivity index is 1.90. The third-order valence-electron chi connectivity index (χ3n) is 3.69. The lowest BCUT2D eigenvalue weighted by molar-refractivity contribution is -0.138. The topological polar surface area (TPSA) is 37.3 Å². The molecule has 0 aliphatic heterocycles. The number of aliphatic carboxylic acids is 1. The Morgan fingerprint density at radius 2 is 1.77 bits per heavy atom. The van der Waals surface area contributed by atoms with Crippen LogP contribution in [-0.2, 0) is 4.79 Å². The summed E-state index contributed by atoms with van der Waals surface area (Å²) in [7, 11) is 0. The predicted octanol–water partition coefficient (Wildman–Crippen LogP) is 2.68. The van der Waals surface area contributed by atoms with Crippen LogP contribution in [0.4, 0.5) is 0 Å². The molecule has 13 heavy (non-hydrogen) atoms. The van der Waals surface area contributed by atoms with Gasteiger partial charge in [0.2, 0.25) is 0 Å². The molecule has 0 aromatic heterocycles. The first-order valence-corrected chi connectivity index (χ1v) is 5.46. The van der Waals surface area contributed by atoms with Gasteiger partial charge in [0.15, 0.2) is 0 Å². The zero-order valence-corrected chi connectivity index (χ0v) is 8.04. The second-order valence-corrected chi connectivity index (χ2v) is 4.83. The maximum Gasteiger partial charge on any atom is 0.303 e. The summed E-state index contributed by atoms with van der Waals surface area (Å²) in [6.45, 7) is 0. The van der Waals surface area contributed by atoms with E-state index in [1.54, 1.807) is 0 Å². The third-order valence-corrected chi connectivity index (χ3v) is 3.69. The second-order valence-electron chi connectivity index (χ2n) is 4.83. The standard InChI is InChI=1S/C11H18O2/c12-11(13)7-10-5-8-2-1-3-9(4-8)6-10/h8-10H,1-7H2,(H,12,13). The molecule has 0 heterocycles. The van der Waals surface area contributed by atoms with Gasteiger partial charge in [-0.25, -0.2) is 0 Å². The SMILES string of the molecule is O=C(O)CC1CC2CCCC(C2)C1. The summed E-state index contributed by atoms with van der Waals surface area (Å²) in [6, 6.07) is 0. The van der Waals surface area contributed by atoms with E-state index in [0.29, 0.717) is 12.3 Å². The molecule has 2 unspecified atom stereocenters. The van der Waals surface area contributed by atoms with E-state index in [1.807, 2.05) is 0 Å². The van der Waals surface area contributed by atoms with E-state index in [4.69, 9.17) is 5.11 Å². The normalized spacial score (nSPS) is 38.6. The summed E-state index contributed by atoms with van der Waals surface area (Å²) >= 11 is 0. The molecule has 1 N–H and O–H groups in total. The van der Waals surface area contributed by atoms with Gasteiger partial charge in [0.05, 0.1) is 0 Å². The van der Waals surface area contributed by atoms with E-state index < -0.39 is 5.97 Å². The number of rotatable bonds is 2. The fourth-order valence-corrected chi connectivity index (χ4v) is 3.28. The number of carboxylic acid groups (broad SMARTS) is 1. The first kappa shape index (κ1) is 9.04. The van der Waals surface area contributed by atoms with Crippen molar-refractivity contribution < 1.29 is 9.90 Å². The van der Waals surface area contributed by atoms with Crippen LogP contribution in [0.3, 0.4) is 0 Å². The molecular weight excluding hydrogens is 164 g/mol. The highest BCUT2D eigenvalue weighted by Gasteiger charge is 2.32. The molecule has 2 aliphatic carbocycles. The Bertz CT molecular complexity index is 188. The molecule has 0 aromatic carbocycles. The lowest BCUT2D eigenvalue weighted by Crippen LogP contribution is -2.27. The quantitative estimate of drug-likeness (QED) is 0.713. The van der Waals surface area contributed by atoms with Crippen molar-refractivity contribution in [1.29, 1.82) is 0 Å². The molecule has 0 radical (unpaired) electrons. The van der Waals surface area contributed by atoms with Gasteiger partial charge in [0.25, 0.3) is 0 Å². The third kappa shape index (κ3) is 2.23. The zero-order valence-electron chi connectivity index (χ0n) is 8.04. The molecule has 2 bridgehead atoms. The highest BCUT2D eigenvalue weighted by atomic mass is 16.4. The maximum atomic E-state index is 10.6. The van der Waals surface area contributed by atoms with Gasteiger partial charge in [-0.3, -0.25) is 4.79 Å². The van der Waals surface area contributed by atoms with Gasteiger partial charge in [0, 0.05) is 6.42 Å². The van der Waals surface area contributed by atoms with Crippen LogP contribution in [0.25, 0.3) is 0 Å². The summed E-state index contributed by atoms with van der Waals surface area (Å²) in [4.78, 5) is 10.6. The van der Waals surface area contributed by atoms with Crippen LogP contribution in [0.5, 0.6) is 0 Å². The van der Waals surface area contributed by atoms with Crippen molar-refractivity contribution in [3.05, 3.63) is 0 Å². The Hall–Kier alpha value is -0.530. The minimum absolute atomic E-state index is 0.410. The van der Waals surface area contributed by atoms with Crippen molar-refractivity contribution in [1.82, 2.24) is 0 Å². The van der Waals surface area contributed by atoms with Gasteiger partial charge in [-0.2, -0.15) is 0 Å². The minimum atomic E-state index is -0.607. The van der Waals surface area contributed by atoms with Gasteiger partial charge in [0.1, 0.15) is 0 Å². The van der Waals surface area contributed by atoms with Crippen molar-refractivity contribution in [2.45, 2.75) is 44.9 Å². The number of fused-ring (bicyclic) bond motifs is 2. The number of carbonyl (C=O) groups is 1. The molecule has 2 nitrogen and oxygen atoms in total. The van der Waals surface area contributed by atoms with Gasteiger partial charge in [-0.05, 0) is 37.0 Å². The summed E-state index contributed by atoms with van der Waals surface area (Å²) in [6.07, 6.45) is 8.25. The first-order chi connectivity index (χ1) is 6.24. The minimum Gasteiger partial charge on any atom is -0.481 e. The molecule has 2 aliphatic rings. The summed E-state index contributed by atoms with van der Waals surface area (Å²) in [5, 5.41) is 8.73. The zero-order chi connectivity index (χ0) is 9.26. The van der Waals surface area contributed by atoms with Crippen molar-refractivity contribution in [3.8, 4) is 0 Å². The highest BCUT2D eigenvalue weighted by Crippen LogP contribution is 2.43. The fourth-order valence-electron chi connectivity index (χ4n) is 3.28. The average Bonchev–Trinajstić information content (AvgIpc) is 2.01. The van der Waals surface area contributed by atoms with Crippen LogP contribution in [0.2, 0.25) is 0 Å². The van der Waals surface area contributed by atoms with E-state index in [-0.39, 0.29) is 0 Å². The van der Waals surface area contributed by atoms with Crippen molar-refractivity contribution >= 4 is 5.97 Å². The summed E-state index contributed by atoms with van der Waals surface area (Å²) < 4.78 is 0. The molecule has 74 valence electrons. The molecule has 2 saturated carbocycles. The molecule has 0 aromatic rings. The first-order valence-electron chi connectivity index (χ1n) is 5.46. The Morgan fingerprint density at radius 1 is 1.15 bits per heavy atom. The monoisotopic (exact) mass is 182 g/mol. The van der Waals surface area contributed by atoms with Crippen LogP contribution in [0, 0.1) is 17.8 Å². The van der Waals surface area contributed by atoms with Gasteiger partial charge in [-0.1, -0.05) is 19.3 Å². The lowest BCUT2D eigenvalue weighted by Gasteiger charge is -2.38. The number of carboxylic acids is 1. The highest BCUT2D eigenvalue weighted by molar-refractivity contribution is 5.67. The molecule has 2 heteroatoms. The maximum absolute atomic E-state index is 10.6. The Kier molecular flexibility index (Phi) is 2.56. The smallest absolute Gasteiger partial charge is 0.303 e. The Labute approximate surface area is 79.3 Å². The fraction of sp³-hybridized carbons (Fsp3) is 0.909. The van der Waals surface area contributed by atoms with E-state index in [1.165, 1.54) is 38.5 Å². The number of hydrogen-bond acceptors (Lipinski definition) is 1. The predicted molar refractivity (Wildman–Crippen MR) is 50.4 cm³/mol. The second kappa shape index (κ2) is 3.69. The van der Waals surface area contributed by atoms with Crippen molar-refractivity contribution in [3.63, 3.8) is 0 Å². The van der Waals surface area contributed by atoms with Crippen molar-refractivity contribution in [2.24, 2.45) is 17.8 Å². The summed E-state index contributed by atoms with van der Waals surface area (Å²) in [5.41, 5.74) is 0. The molecule has 2 rings (SSSR count). The molecule has 0 spiro atoms. The van der Waals surface area contributed by atoms with Crippen molar-refractivity contribution in [2.75, 3.05) is 0 Å². The van der Waals surface area contributed by atoms with Gasteiger partial charge >= 0.3 is 5.97 Å². The van der Waals surface area contributed by atoms with E-state index in [0.717, 1.165) is 11.8 Å². The molecular formula is C11H18O2. The number of hydrogen-bond donors (Lipinski definition) is 1. The largest absolute Gasteiger partial charge is 0.481 e. The van der Waals surface area contributed by atoms with Gasteiger partial charge < -0.3 is 5.11 Å². The molecule has 0 amide bonds. The van der Waals surface area contributed by atoms with Crippen LogP contribution in [-0.4, -0.2) is 11.1 Å². The van der Waals surface area contributed by atoms with E-state index in [9.17, 15) is 4.79 Å². The average molecular weight is 182 g/mol.